The van der Waals surface area contributed by atoms with Crippen molar-refractivity contribution in [2.45, 2.75) is 13.2 Å². The van der Waals surface area contributed by atoms with Gasteiger partial charge in [0.05, 0.1) is 0 Å². The number of hydrogen-bond donors (Lipinski definition) is 1. The fourth-order valence-electron chi connectivity index (χ4n) is 0.891. The lowest BCUT2D eigenvalue weighted by molar-refractivity contribution is 0.130. The van der Waals surface area contributed by atoms with E-state index < -0.39 is 0 Å². The second-order valence-corrected chi connectivity index (χ2v) is 2.95. The highest BCUT2D eigenvalue weighted by atomic mass is 32.1. The van der Waals surface area contributed by atoms with Gasteiger partial charge < -0.3 is 4.74 Å². The van der Waals surface area contributed by atoms with Crippen LogP contribution in [0.25, 0.3) is 0 Å². The van der Waals surface area contributed by atoms with Gasteiger partial charge in [-0.2, -0.15) is 0 Å². The molecule has 0 spiro atoms. The Hall–Kier alpha value is -0.670. The molecule has 0 radical (unpaired) electrons. The van der Waals surface area contributed by atoms with Crippen molar-refractivity contribution in [1.29, 1.82) is 0 Å². The van der Waals surface area contributed by atoms with Gasteiger partial charge in [-0.3, -0.25) is 4.31 Å². The Bertz CT molecular complexity index is 227. The summed E-state index contributed by atoms with van der Waals surface area (Å²) in [4.78, 5) is 0. The number of rotatable bonds is 3. The lowest BCUT2D eigenvalue weighted by atomic mass is 10.3. The molecule has 1 aromatic carbocycles. The van der Waals surface area contributed by atoms with Crippen LogP contribution in [-0.2, 0) is 4.74 Å². The van der Waals surface area contributed by atoms with E-state index in [4.69, 9.17) is 4.74 Å². The van der Waals surface area contributed by atoms with Crippen LogP contribution in [0.15, 0.2) is 30.3 Å². The number of nitrogens with zero attached hydrogens (tertiary/aromatic N) is 1. The Kier molecular flexibility index (Phi) is 3.44. The fourth-order valence-corrected chi connectivity index (χ4v) is 1.12. The van der Waals surface area contributed by atoms with Gasteiger partial charge in [-0.1, -0.05) is 31.0 Å². The zero-order valence-corrected chi connectivity index (χ0v) is 8.16. The monoisotopic (exact) mass is 183 g/mol. The molecule has 3 heteroatoms. The molecule has 0 saturated carbocycles. The van der Waals surface area contributed by atoms with Gasteiger partial charge in [0.15, 0.2) is 0 Å². The van der Waals surface area contributed by atoms with Crippen LogP contribution in [0.4, 0.5) is 5.69 Å². The van der Waals surface area contributed by atoms with E-state index in [0.29, 0.717) is 0 Å². The third-order valence-corrected chi connectivity index (χ3v) is 2.26. The third kappa shape index (κ3) is 2.16. The van der Waals surface area contributed by atoms with Gasteiger partial charge >= 0.3 is 0 Å². The minimum atomic E-state index is -0.0178. The molecule has 66 valence electrons. The molecule has 2 nitrogen and oxygen atoms in total. The van der Waals surface area contributed by atoms with Crippen LogP contribution >= 0.6 is 12.8 Å². The largest absolute Gasteiger partial charge is 0.361 e. The first-order valence-electron chi connectivity index (χ1n) is 3.81. The van der Waals surface area contributed by atoms with Gasteiger partial charge in [0.2, 0.25) is 0 Å². The summed E-state index contributed by atoms with van der Waals surface area (Å²) >= 11 is 4.30. The van der Waals surface area contributed by atoms with Crippen molar-refractivity contribution in [2.24, 2.45) is 0 Å². The minimum absolute atomic E-state index is 0.0178. The fraction of sp³-hybridized carbons (Fsp3) is 0.333. The maximum absolute atomic E-state index is 5.12. The third-order valence-electron chi connectivity index (χ3n) is 1.71. The second-order valence-electron chi connectivity index (χ2n) is 2.52. The van der Waals surface area contributed by atoms with Gasteiger partial charge in [-0.25, -0.2) is 0 Å². The molecule has 0 saturated heterocycles. The topological polar surface area (TPSA) is 12.5 Å². The Morgan fingerprint density at radius 3 is 2.42 bits per heavy atom. The van der Waals surface area contributed by atoms with Crippen LogP contribution in [0.3, 0.4) is 0 Å². The molecule has 12 heavy (non-hydrogen) atoms. The second kappa shape index (κ2) is 4.38. The van der Waals surface area contributed by atoms with Gasteiger partial charge in [-0.15, -0.1) is 0 Å². The average Bonchev–Trinajstić information content (AvgIpc) is 2.17. The Morgan fingerprint density at radius 1 is 1.33 bits per heavy atom. The molecule has 0 bridgehead atoms. The molecular formula is C9H13NOS. The molecule has 0 aliphatic rings. The van der Waals surface area contributed by atoms with Crippen molar-refractivity contribution in [3.63, 3.8) is 0 Å². The van der Waals surface area contributed by atoms with E-state index in [1.165, 1.54) is 0 Å². The lowest BCUT2D eigenvalue weighted by Crippen LogP contribution is -2.25. The molecular weight excluding hydrogens is 170 g/mol. The molecule has 1 unspecified atom stereocenters. The first-order chi connectivity index (χ1) is 5.75. The lowest BCUT2D eigenvalue weighted by Gasteiger charge is -2.23. The molecule has 0 fully saturated rings. The number of methoxy groups -OCH3 is 1. The highest BCUT2D eigenvalue weighted by Gasteiger charge is 2.07. The number of hydrogen-bond acceptors (Lipinski definition) is 3. The van der Waals surface area contributed by atoms with Crippen molar-refractivity contribution in [3.05, 3.63) is 30.3 Å². The summed E-state index contributed by atoms with van der Waals surface area (Å²) in [6.45, 7) is 1.94. The molecule has 1 rings (SSSR count). The number of thiol groups is 1. The van der Waals surface area contributed by atoms with Crippen LogP contribution in [0.2, 0.25) is 0 Å². The van der Waals surface area contributed by atoms with Gasteiger partial charge in [-0.05, 0) is 19.1 Å². The first kappa shape index (κ1) is 9.42. The summed E-state index contributed by atoms with van der Waals surface area (Å²) in [6.07, 6.45) is -0.0178. The molecule has 0 aromatic heterocycles. The molecule has 0 aliphatic carbocycles. The van der Waals surface area contributed by atoms with Crippen molar-refractivity contribution >= 4 is 18.5 Å². The van der Waals surface area contributed by atoms with E-state index in [9.17, 15) is 0 Å². The normalized spacial score (nSPS) is 12.6. The molecule has 0 amide bonds. The van der Waals surface area contributed by atoms with Crippen molar-refractivity contribution in [3.8, 4) is 0 Å². The van der Waals surface area contributed by atoms with E-state index in [0.717, 1.165) is 5.69 Å². The highest BCUT2D eigenvalue weighted by Crippen LogP contribution is 2.18. The molecule has 1 atom stereocenters. The standard InChI is InChI=1S/C9H13NOS/c1-8(11-2)10(12)9-6-4-3-5-7-9/h3-8,12H,1-2H3. The molecule has 0 aliphatic heterocycles. The average molecular weight is 183 g/mol. The van der Waals surface area contributed by atoms with Crippen molar-refractivity contribution in [2.75, 3.05) is 11.4 Å². The van der Waals surface area contributed by atoms with Crippen LogP contribution in [0, 0.1) is 0 Å². The van der Waals surface area contributed by atoms with Crippen molar-refractivity contribution in [1.82, 2.24) is 0 Å². The summed E-state index contributed by atoms with van der Waals surface area (Å²) in [5, 5.41) is 0. The van der Waals surface area contributed by atoms with Gasteiger partial charge in [0.1, 0.15) is 6.23 Å². The number of ether oxygens (including phenoxy) is 1. The summed E-state index contributed by atoms with van der Waals surface area (Å²) in [5.41, 5.74) is 1.04. The summed E-state index contributed by atoms with van der Waals surface area (Å²) < 4.78 is 6.89. The van der Waals surface area contributed by atoms with Gasteiger partial charge in [0, 0.05) is 12.8 Å². The number of para-hydroxylation sites is 1. The molecule has 1 aromatic rings. The maximum atomic E-state index is 5.12. The van der Waals surface area contributed by atoms with E-state index in [-0.39, 0.29) is 6.23 Å². The van der Waals surface area contributed by atoms with Crippen LogP contribution in [-0.4, -0.2) is 13.3 Å². The predicted molar refractivity (Wildman–Crippen MR) is 54.4 cm³/mol. The smallest absolute Gasteiger partial charge is 0.136 e. The van der Waals surface area contributed by atoms with Crippen LogP contribution in [0.5, 0.6) is 0 Å². The first-order valence-corrected chi connectivity index (χ1v) is 4.21. The van der Waals surface area contributed by atoms with Crippen molar-refractivity contribution < 1.29 is 4.74 Å². The molecule has 0 heterocycles. The van der Waals surface area contributed by atoms with Gasteiger partial charge in [0.25, 0.3) is 0 Å². The van der Waals surface area contributed by atoms with Crippen LogP contribution in [0.1, 0.15) is 6.92 Å². The van der Waals surface area contributed by atoms with E-state index in [1.807, 2.05) is 37.3 Å². The molecule has 0 N–H and O–H groups in total. The quantitative estimate of drug-likeness (QED) is 0.570. The minimum Gasteiger partial charge on any atom is -0.361 e. The van der Waals surface area contributed by atoms with E-state index >= 15 is 0 Å². The number of benzene rings is 1. The highest BCUT2D eigenvalue weighted by molar-refractivity contribution is 7.81. The number of anilines is 1. The van der Waals surface area contributed by atoms with Crippen LogP contribution < -0.4 is 4.31 Å². The Labute approximate surface area is 78.7 Å². The zero-order valence-electron chi connectivity index (χ0n) is 7.27. The summed E-state index contributed by atoms with van der Waals surface area (Å²) in [5.74, 6) is 0. The predicted octanol–water partition coefficient (Wildman–Crippen LogP) is 2.33. The SMILES string of the molecule is COC(C)N(S)c1ccccc1. The summed E-state index contributed by atoms with van der Waals surface area (Å²) in [7, 11) is 1.66. The Balaban J connectivity index is 2.71. The summed E-state index contributed by atoms with van der Waals surface area (Å²) in [6, 6.07) is 9.90. The maximum Gasteiger partial charge on any atom is 0.136 e. The zero-order chi connectivity index (χ0) is 8.97. The van der Waals surface area contributed by atoms with E-state index in [1.54, 1.807) is 11.4 Å². The Morgan fingerprint density at radius 2 is 1.92 bits per heavy atom. The van der Waals surface area contributed by atoms with E-state index in [2.05, 4.69) is 12.8 Å².